The van der Waals surface area contributed by atoms with E-state index in [1.807, 2.05) is 80.5 Å². The summed E-state index contributed by atoms with van der Waals surface area (Å²) in [7, 11) is 0. The summed E-state index contributed by atoms with van der Waals surface area (Å²) in [5, 5.41) is 30.8. The third kappa shape index (κ3) is 7.04. The maximum atomic E-state index is 10.3. The van der Waals surface area contributed by atoms with E-state index >= 15 is 0 Å². The van der Waals surface area contributed by atoms with Gasteiger partial charge in [0, 0.05) is 79.0 Å². The fraction of sp³-hybridized carbons (Fsp3) is 0.571. The third-order valence-corrected chi connectivity index (χ3v) is 3.88. The van der Waals surface area contributed by atoms with E-state index in [-0.39, 0.29) is 0 Å². The van der Waals surface area contributed by atoms with Crippen molar-refractivity contribution in [3.63, 3.8) is 0 Å². The lowest BCUT2D eigenvalue weighted by molar-refractivity contribution is -0.816. The molecule has 0 aliphatic carbocycles. The summed E-state index contributed by atoms with van der Waals surface area (Å²) in [6.07, 6.45) is 4.89. The number of benzene rings is 1. The normalized spacial score (nSPS) is 15.2. The predicted molar refractivity (Wildman–Crippen MR) is 107 cm³/mol. The SMILES string of the molecule is CC(C)(C)[N+](O)=Cc1cc(C=[N+](O)C(C)(C)C)cc(C=[N+](O)C(C)(C)C)c1. The first-order valence-corrected chi connectivity index (χ1v) is 9.14. The van der Waals surface area contributed by atoms with E-state index in [1.165, 1.54) is 0 Å². The average Bonchev–Trinajstić information content (AvgIpc) is 2.43. The highest BCUT2D eigenvalue weighted by molar-refractivity contribution is 5.88. The van der Waals surface area contributed by atoms with Crippen LogP contribution in [0.25, 0.3) is 0 Å². The van der Waals surface area contributed by atoms with Crippen LogP contribution >= 0.6 is 0 Å². The Hall–Kier alpha value is -2.37. The summed E-state index contributed by atoms with van der Waals surface area (Å²) < 4.78 is 3.45. The van der Waals surface area contributed by atoms with Crippen LogP contribution in [0.5, 0.6) is 0 Å². The van der Waals surface area contributed by atoms with Crippen LogP contribution < -0.4 is 0 Å². The van der Waals surface area contributed by atoms with Crippen molar-refractivity contribution < 1.29 is 29.8 Å². The Morgan fingerprint density at radius 1 is 0.519 bits per heavy atom. The molecular weight excluding hydrogens is 342 g/mol. The molecule has 6 nitrogen and oxygen atoms in total. The standard InChI is InChI=1S/C21H36N3O3/c1-19(2,3)22(25)13-16-10-17(14-23(26)20(4,5)6)12-18(11-16)15-24(27)21(7,8)9/h10-15,25-27H,1-9H3/q+3. The molecule has 0 heterocycles. The molecule has 0 aromatic heterocycles. The Bertz CT molecular complexity index is 654. The summed E-state index contributed by atoms with van der Waals surface area (Å²) in [6.45, 7) is 17.1. The van der Waals surface area contributed by atoms with Crippen molar-refractivity contribution in [2.45, 2.75) is 78.9 Å². The molecule has 0 saturated carbocycles. The van der Waals surface area contributed by atoms with Gasteiger partial charge in [-0.05, 0) is 32.4 Å². The lowest BCUT2D eigenvalue weighted by atomic mass is 10.0. The maximum Gasteiger partial charge on any atom is 0.223 e. The van der Waals surface area contributed by atoms with E-state index in [2.05, 4.69) is 0 Å². The van der Waals surface area contributed by atoms with Crippen LogP contribution in [0, 0.1) is 0 Å². The number of rotatable bonds is 3. The van der Waals surface area contributed by atoms with Gasteiger partial charge < -0.3 is 0 Å². The van der Waals surface area contributed by atoms with Crippen molar-refractivity contribution in [2.24, 2.45) is 0 Å². The zero-order valence-electron chi connectivity index (χ0n) is 18.1. The Balaban J connectivity index is 3.58. The number of hydrogen-bond acceptors (Lipinski definition) is 3. The molecule has 0 fully saturated rings. The Kier molecular flexibility index (Phi) is 6.47. The van der Waals surface area contributed by atoms with Crippen molar-refractivity contribution >= 4 is 18.6 Å². The molecule has 1 aromatic rings. The molecule has 6 heteroatoms. The number of hydroxylamine groups is 3. The summed E-state index contributed by atoms with van der Waals surface area (Å²) >= 11 is 0. The Morgan fingerprint density at radius 2 is 0.704 bits per heavy atom. The van der Waals surface area contributed by atoms with Gasteiger partial charge in [0.15, 0.2) is 0 Å². The minimum absolute atomic E-state index is 0.452. The molecule has 1 rings (SSSR count). The van der Waals surface area contributed by atoms with Gasteiger partial charge in [0.25, 0.3) is 0 Å². The molecule has 0 atom stereocenters. The zero-order chi connectivity index (χ0) is 21.2. The van der Waals surface area contributed by atoms with E-state index in [1.54, 1.807) is 18.6 Å². The highest BCUT2D eigenvalue weighted by Gasteiger charge is 2.27. The number of nitrogens with zero attached hydrogens (tertiary/aromatic N) is 3. The van der Waals surface area contributed by atoms with E-state index in [0.29, 0.717) is 0 Å². The molecule has 27 heavy (non-hydrogen) atoms. The van der Waals surface area contributed by atoms with Crippen LogP contribution in [0.2, 0.25) is 0 Å². The van der Waals surface area contributed by atoms with Gasteiger partial charge in [-0.1, -0.05) is 0 Å². The fourth-order valence-corrected chi connectivity index (χ4v) is 1.93. The Morgan fingerprint density at radius 3 is 0.852 bits per heavy atom. The van der Waals surface area contributed by atoms with E-state index < -0.39 is 16.6 Å². The lowest BCUT2D eigenvalue weighted by Gasteiger charge is -2.11. The van der Waals surface area contributed by atoms with Gasteiger partial charge >= 0.3 is 0 Å². The minimum Gasteiger partial charge on any atom is -0.290 e. The van der Waals surface area contributed by atoms with E-state index in [0.717, 1.165) is 30.9 Å². The highest BCUT2D eigenvalue weighted by atomic mass is 16.5. The van der Waals surface area contributed by atoms with Crippen molar-refractivity contribution in [1.29, 1.82) is 0 Å². The molecule has 0 spiro atoms. The van der Waals surface area contributed by atoms with Gasteiger partial charge in [-0.15, -0.1) is 0 Å². The first-order valence-electron chi connectivity index (χ1n) is 9.14. The van der Waals surface area contributed by atoms with Crippen LogP contribution in [0.4, 0.5) is 0 Å². The van der Waals surface area contributed by atoms with Crippen LogP contribution in [0.15, 0.2) is 18.2 Å². The smallest absolute Gasteiger partial charge is 0.223 e. The van der Waals surface area contributed by atoms with Crippen LogP contribution in [-0.2, 0) is 0 Å². The monoisotopic (exact) mass is 378 g/mol. The topological polar surface area (TPSA) is 69.7 Å². The fourth-order valence-electron chi connectivity index (χ4n) is 1.93. The van der Waals surface area contributed by atoms with Crippen molar-refractivity contribution in [1.82, 2.24) is 0 Å². The van der Waals surface area contributed by atoms with Gasteiger partial charge in [-0.2, -0.15) is 0 Å². The van der Waals surface area contributed by atoms with Gasteiger partial charge in [-0.3, -0.25) is 15.6 Å². The molecular formula is C21H36N3O3+3. The minimum atomic E-state index is -0.452. The number of hydrogen-bond donors (Lipinski definition) is 3. The van der Waals surface area contributed by atoms with E-state index in [4.69, 9.17) is 0 Å². The molecule has 0 bridgehead atoms. The van der Waals surface area contributed by atoms with Gasteiger partial charge in [0.1, 0.15) is 0 Å². The first kappa shape index (κ1) is 22.7. The van der Waals surface area contributed by atoms with Crippen molar-refractivity contribution in [2.75, 3.05) is 0 Å². The molecule has 0 radical (unpaired) electrons. The second-order valence-electron chi connectivity index (χ2n) is 9.87. The van der Waals surface area contributed by atoms with Crippen LogP contribution in [0.1, 0.15) is 79.0 Å². The maximum absolute atomic E-state index is 10.3. The van der Waals surface area contributed by atoms with Gasteiger partial charge in [0.2, 0.25) is 35.3 Å². The largest absolute Gasteiger partial charge is 0.290 e. The molecule has 3 N–H and O–H groups in total. The molecule has 150 valence electrons. The summed E-state index contributed by atoms with van der Waals surface area (Å²) in [6, 6.07) is 5.58. The van der Waals surface area contributed by atoms with Gasteiger partial charge in [-0.25, -0.2) is 0 Å². The summed E-state index contributed by atoms with van der Waals surface area (Å²) in [5.41, 5.74) is 0.886. The van der Waals surface area contributed by atoms with Crippen molar-refractivity contribution in [3.05, 3.63) is 34.9 Å². The van der Waals surface area contributed by atoms with E-state index in [9.17, 15) is 15.6 Å². The Labute approximate surface area is 162 Å². The lowest BCUT2D eigenvalue weighted by Crippen LogP contribution is -2.32. The van der Waals surface area contributed by atoms with Crippen LogP contribution in [0.3, 0.4) is 0 Å². The second-order valence-corrected chi connectivity index (χ2v) is 9.87. The first-order chi connectivity index (χ1) is 12.0. The molecule has 0 unspecified atom stereocenters. The van der Waals surface area contributed by atoms with Crippen LogP contribution in [-0.4, -0.2) is 65.1 Å². The molecule has 0 aliphatic heterocycles. The summed E-state index contributed by atoms with van der Waals surface area (Å²) in [5.74, 6) is 0. The predicted octanol–water partition coefficient (Wildman–Crippen LogP) is 3.54. The quantitative estimate of drug-likeness (QED) is 0.326. The second kappa shape index (κ2) is 7.71. The zero-order valence-corrected chi connectivity index (χ0v) is 18.1. The third-order valence-electron chi connectivity index (χ3n) is 3.88. The summed E-state index contributed by atoms with van der Waals surface area (Å²) in [4.78, 5) is 0. The molecule has 1 aromatic carbocycles. The highest BCUT2D eigenvalue weighted by Crippen LogP contribution is 2.12. The van der Waals surface area contributed by atoms with Gasteiger partial charge in [0.05, 0.1) is 0 Å². The molecule has 0 aliphatic rings. The molecule has 0 amide bonds. The molecule has 0 saturated heterocycles. The average molecular weight is 379 g/mol. The van der Waals surface area contributed by atoms with Crippen molar-refractivity contribution in [3.8, 4) is 0 Å².